The third-order valence-corrected chi connectivity index (χ3v) is 4.34. The van der Waals surface area contributed by atoms with Gasteiger partial charge in [0, 0.05) is 6.54 Å². The summed E-state index contributed by atoms with van der Waals surface area (Å²) in [6.45, 7) is 6.87. The molecule has 0 unspecified atom stereocenters. The van der Waals surface area contributed by atoms with E-state index in [1.165, 1.54) is 4.90 Å². The highest BCUT2D eigenvalue weighted by molar-refractivity contribution is 5.76. The number of hydrogen-bond donors (Lipinski definition) is 1. The van der Waals surface area contributed by atoms with E-state index in [9.17, 15) is 9.59 Å². The van der Waals surface area contributed by atoms with E-state index in [0.29, 0.717) is 37.8 Å². The second-order valence-electron chi connectivity index (χ2n) is 6.89. The number of benzene rings is 1. The molecule has 2 atom stereocenters. The number of para-hydroxylation sites is 2. The van der Waals surface area contributed by atoms with E-state index in [2.05, 4.69) is 0 Å². The molecule has 1 fully saturated rings. The van der Waals surface area contributed by atoms with Crippen LogP contribution in [0.25, 0.3) is 0 Å². The number of hydrogen-bond acceptors (Lipinski definition) is 8. The van der Waals surface area contributed by atoms with Gasteiger partial charge >= 0.3 is 12.1 Å². The van der Waals surface area contributed by atoms with E-state index >= 15 is 0 Å². The van der Waals surface area contributed by atoms with Crippen molar-refractivity contribution in [1.82, 2.24) is 4.90 Å². The van der Waals surface area contributed by atoms with Crippen molar-refractivity contribution in [3.05, 3.63) is 24.3 Å². The highest BCUT2D eigenvalue weighted by Gasteiger charge is 2.27. The first kappa shape index (κ1) is 22.8. The lowest BCUT2D eigenvalue weighted by Gasteiger charge is -2.32. The summed E-state index contributed by atoms with van der Waals surface area (Å²) in [7, 11) is 0. The molecule has 0 saturated carbocycles. The lowest BCUT2D eigenvalue weighted by atomic mass is 10.1. The largest absolute Gasteiger partial charge is 0.490 e. The van der Waals surface area contributed by atoms with Gasteiger partial charge in [0.2, 0.25) is 6.79 Å². The highest BCUT2D eigenvalue weighted by atomic mass is 16.7. The molecule has 2 N–H and O–H groups in total. The fraction of sp³-hybridized carbons (Fsp3) is 0.600. The number of amides is 1. The number of morpholine rings is 1. The van der Waals surface area contributed by atoms with E-state index in [0.717, 1.165) is 0 Å². The normalized spacial score (nSPS) is 17.6. The third-order valence-electron chi connectivity index (χ3n) is 4.34. The van der Waals surface area contributed by atoms with Crippen LogP contribution in [0.15, 0.2) is 24.3 Å². The number of rotatable bonds is 9. The van der Waals surface area contributed by atoms with Gasteiger partial charge in [-0.25, -0.2) is 4.79 Å². The number of nitrogens with two attached hydrogens (primary N) is 1. The van der Waals surface area contributed by atoms with Crippen LogP contribution in [-0.2, 0) is 19.0 Å². The van der Waals surface area contributed by atoms with Crippen LogP contribution in [0.3, 0.4) is 0 Å². The molecular weight excluding hydrogens is 380 g/mol. The van der Waals surface area contributed by atoms with Crippen LogP contribution in [0.2, 0.25) is 0 Å². The van der Waals surface area contributed by atoms with Crippen molar-refractivity contribution >= 4 is 12.1 Å². The second-order valence-corrected chi connectivity index (χ2v) is 6.89. The summed E-state index contributed by atoms with van der Waals surface area (Å²) >= 11 is 0. The molecule has 1 aromatic carbocycles. The molecule has 0 spiro atoms. The molecule has 29 heavy (non-hydrogen) atoms. The topological polar surface area (TPSA) is 110 Å². The summed E-state index contributed by atoms with van der Waals surface area (Å²) in [4.78, 5) is 25.4. The molecular formula is C20H30N2O7. The van der Waals surface area contributed by atoms with Crippen LogP contribution in [0, 0.1) is 5.92 Å². The van der Waals surface area contributed by atoms with Gasteiger partial charge in [0.25, 0.3) is 0 Å². The minimum Gasteiger partial charge on any atom is -0.490 e. The Balaban J connectivity index is 1.77. The number of carbonyl (C=O) groups is 2. The fourth-order valence-electron chi connectivity index (χ4n) is 2.61. The standard InChI is InChI=1S/C20H30N2O7/c1-4-25-16-7-5-6-8-17(16)27-12-15-11-22(9-10-26-15)20(24)29-13-28-19(23)18(21)14(2)3/h5-8,14-15,18H,4,9-13,21H2,1-3H3/t15-,18+/m1/s1. The van der Waals surface area contributed by atoms with Gasteiger partial charge in [0.05, 0.1) is 19.8 Å². The van der Waals surface area contributed by atoms with Gasteiger partial charge < -0.3 is 34.3 Å². The Hall–Kier alpha value is -2.52. The Morgan fingerprint density at radius 1 is 1.21 bits per heavy atom. The average molecular weight is 410 g/mol. The van der Waals surface area contributed by atoms with Gasteiger partial charge in [-0.1, -0.05) is 26.0 Å². The van der Waals surface area contributed by atoms with E-state index < -0.39 is 24.9 Å². The van der Waals surface area contributed by atoms with Crippen LogP contribution in [0.1, 0.15) is 20.8 Å². The average Bonchev–Trinajstić information content (AvgIpc) is 2.72. The molecule has 1 amide bonds. The molecule has 1 saturated heterocycles. The van der Waals surface area contributed by atoms with Crippen LogP contribution in [0.5, 0.6) is 11.5 Å². The number of nitrogens with zero attached hydrogens (tertiary/aromatic N) is 1. The van der Waals surface area contributed by atoms with Crippen molar-refractivity contribution in [2.24, 2.45) is 11.7 Å². The Kier molecular flexibility index (Phi) is 9.01. The third kappa shape index (κ3) is 7.10. The Bertz CT molecular complexity index is 668. The first-order chi connectivity index (χ1) is 13.9. The van der Waals surface area contributed by atoms with Gasteiger partial charge in [-0.2, -0.15) is 0 Å². The van der Waals surface area contributed by atoms with Gasteiger partial charge in [-0.05, 0) is 25.0 Å². The summed E-state index contributed by atoms with van der Waals surface area (Å²) in [6, 6.07) is 6.62. The summed E-state index contributed by atoms with van der Waals surface area (Å²) in [5.74, 6) is 0.606. The molecule has 1 aliphatic heterocycles. The zero-order valence-corrected chi connectivity index (χ0v) is 17.2. The van der Waals surface area contributed by atoms with Gasteiger partial charge in [-0.3, -0.25) is 4.79 Å². The van der Waals surface area contributed by atoms with Crippen LogP contribution in [-0.4, -0.2) is 68.8 Å². The van der Waals surface area contributed by atoms with E-state index in [1.54, 1.807) is 13.8 Å². The van der Waals surface area contributed by atoms with E-state index in [-0.39, 0.29) is 18.6 Å². The van der Waals surface area contributed by atoms with Crippen molar-refractivity contribution in [3.8, 4) is 11.5 Å². The minimum atomic E-state index is -0.752. The molecule has 162 valence electrons. The van der Waals surface area contributed by atoms with Gasteiger partial charge in [0.15, 0.2) is 11.5 Å². The van der Waals surface area contributed by atoms with E-state index in [1.807, 2.05) is 31.2 Å². The second kappa shape index (κ2) is 11.5. The van der Waals surface area contributed by atoms with Crippen molar-refractivity contribution < 1.29 is 33.3 Å². The monoisotopic (exact) mass is 410 g/mol. The Labute approximate surface area is 171 Å². The molecule has 2 rings (SSSR count). The molecule has 0 aromatic heterocycles. The zero-order chi connectivity index (χ0) is 21.2. The zero-order valence-electron chi connectivity index (χ0n) is 17.2. The predicted molar refractivity (Wildman–Crippen MR) is 105 cm³/mol. The van der Waals surface area contributed by atoms with Gasteiger partial charge in [-0.15, -0.1) is 0 Å². The lowest BCUT2D eigenvalue weighted by molar-refractivity contribution is -0.155. The molecule has 0 aliphatic carbocycles. The number of carbonyl (C=O) groups excluding carboxylic acids is 2. The smallest absolute Gasteiger partial charge is 0.412 e. The molecule has 0 bridgehead atoms. The van der Waals surface area contributed by atoms with Crippen molar-refractivity contribution in [1.29, 1.82) is 0 Å². The van der Waals surface area contributed by atoms with Crippen molar-refractivity contribution in [2.75, 3.05) is 39.7 Å². The Morgan fingerprint density at radius 2 is 1.90 bits per heavy atom. The van der Waals surface area contributed by atoms with Crippen molar-refractivity contribution in [3.63, 3.8) is 0 Å². The maximum atomic E-state index is 12.2. The molecule has 1 aromatic rings. The summed E-state index contributed by atoms with van der Waals surface area (Å²) in [6.07, 6.45) is -0.901. The quantitative estimate of drug-likeness (QED) is 0.485. The maximum Gasteiger partial charge on any atom is 0.412 e. The molecule has 1 heterocycles. The highest BCUT2D eigenvalue weighted by Crippen LogP contribution is 2.26. The first-order valence-electron chi connectivity index (χ1n) is 9.72. The summed E-state index contributed by atoms with van der Waals surface area (Å²) < 4.78 is 26.9. The molecule has 1 aliphatic rings. The SMILES string of the molecule is CCOc1ccccc1OC[C@H]1CN(C(=O)OCOC(=O)[C@@H](N)C(C)C)CCO1. The van der Waals surface area contributed by atoms with Crippen LogP contribution >= 0.6 is 0 Å². The number of esters is 1. The fourth-order valence-corrected chi connectivity index (χ4v) is 2.61. The van der Waals surface area contributed by atoms with Crippen molar-refractivity contribution in [2.45, 2.75) is 32.9 Å². The summed E-state index contributed by atoms with van der Waals surface area (Å²) in [5.41, 5.74) is 5.68. The van der Waals surface area contributed by atoms with Crippen LogP contribution < -0.4 is 15.2 Å². The molecule has 9 nitrogen and oxygen atoms in total. The Morgan fingerprint density at radius 3 is 2.55 bits per heavy atom. The summed E-state index contributed by atoms with van der Waals surface area (Å²) in [5, 5.41) is 0. The molecule has 0 radical (unpaired) electrons. The van der Waals surface area contributed by atoms with E-state index in [4.69, 9.17) is 29.4 Å². The maximum absolute atomic E-state index is 12.2. The minimum absolute atomic E-state index is 0.0638. The molecule has 9 heteroatoms. The van der Waals surface area contributed by atoms with Crippen LogP contribution in [0.4, 0.5) is 4.79 Å². The lowest BCUT2D eigenvalue weighted by Crippen LogP contribution is -2.48. The predicted octanol–water partition coefficient (Wildman–Crippen LogP) is 1.79. The number of ether oxygens (including phenoxy) is 5. The van der Waals surface area contributed by atoms with Gasteiger partial charge in [0.1, 0.15) is 18.8 Å². The first-order valence-corrected chi connectivity index (χ1v) is 9.72.